The first kappa shape index (κ1) is 18.4. The molecule has 136 valence electrons. The zero-order valence-electron chi connectivity index (χ0n) is 15.1. The van der Waals surface area contributed by atoms with Gasteiger partial charge in [-0.05, 0) is 84.6 Å². The summed E-state index contributed by atoms with van der Waals surface area (Å²) in [5, 5.41) is 9.83. The van der Waals surface area contributed by atoms with E-state index in [2.05, 4.69) is 0 Å². The number of aryl methyl sites for hydroxylation is 2. The molecule has 3 nitrogen and oxygen atoms in total. The van der Waals surface area contributed by atoms with E-state index in [1.165, 1.54) is 24.3 Å². The van der Waals surface area contributed by atoms with Crippen molar-refractivity contribution in [3.05, 3.63) is 94.3 Å². The molecular weight excluding hydrogens is 343 g/mol. The van der Waals surface area contributed by atoms with Crippen LogP contribution in [0.5, 0.6) is 11.5 Å². The number of phenols is 1. The van der Waals surface area contributed by atoms with Crippen LogP contribution in [0.15, 0.2) is 60.7 Å². The summed E-state index contributed by atoms with van der Waals surface area (Å²) in [5.74, 6) is -0.272. The molecule has 27 heavy (non-hydrogen) atoms. The second-order valence-corrected chi connectivity index (χ2v) is 6.30. The molecule has 3 aromatic rings. The standard InChI is InChI=1S/C23H19FO3/c1-15-13-18(14-16(2)22(15)25)4-3-17-5-7-19(8-6-17)23(26)27-21-11-9-20(24)10-12-21/h3-14,25H,1-2H3/b4-3+. The molecule has 0 saturated carbocycles. The molecule has 0 aliphatic rings. The summed E-state index contributed by atoms with van der Waals surface area (Å²) < 4.78 is 18.1. The number of halogens is 1. The highest BCUT2D eigenvalue weighted by atomic mass is 19.1. The Labute approximate surface area is 157 Å². The third-order valence-electron chi connectivity index (χ3n) is 4.15. The van der Waals surface area contributed by atoms with Gasteiger partial charge in [-0.2, -0.15) is 0 Å². The van der Waals surface area contributed by atoms with Crippen molar-refractivity contribution in [1.29, 1.82) is 0 Å². The number of aromatic hydroxyl groups is 1. The van der Waals surface area contributed by atoms with E-state index < -0.39 is 5.97 Å². The molecule has 0 unspecified atom stereocenters. The molecular formula is C23H19FO3. The van der Waals surface area contributed by atoms with Gasteiger partial charge in [-0.3, -0.25) is 0 Å². The second-order valence-electron chi connectivity index (χ2n) is 6.30. The number of benzene rings is 3. The quantitative estimate of drug-likeness (QED) is 0.377. The summed E-state index contributed by atoms with van der Waals surface area (Å²) in [5.41, 5.74) is 3.98. The molecule has 0 aromatic heterocycles. The van der Waals surface area contributed by atoms with Crippen molar-refractivity contribution in [2.24, 2.45) is 0 Å². The zero-order chi connectivity index (χ0) is 19.4. The fraction of sp³-hybridized carbons (Fsp3) is 0.0870. The number of phenolic OH excluding ortho intramolecular Hbond substituents is 1. The summed E-state index contributed by atoms with van der Waals surface area (Å²) in [4.78, 5) is 12.1. The summed E-state index contributed by atoms with van der Waals surface area (Å²) in [7, 11) is 0. The smallest absolute Gasteiger partial charge is 0.343 e. The normalized spacial score (nSPS) is 10.9. The minimum atomic E-state index is -0.498. The van der Waals surface area contributed by atoms with E-state index in [1.54, 1.807) is 12.1 Å². The Morgan fingerprint density at radius 2 is 1.44 bits per heavy atom. The fourth-order valence-electron chi connectivity index (χ4n) is 2.68. The first-order chi connectivity index (χ1) is 12.9. The molecule has 0 aliphatic carbocycles. The molecule has 0 radical (unpaired) electrons. The molecule has 0 bridgehead atoms. The van der Waals surface area contributed by atoms with Crippen LogP contribution in [0.3, 0.4) is 0 Å². The van der Waals surface area contributed by atoms with Crippen molar-refractivity contribution in [2.75, 3.05) is 0 Å². The lowest BCUT2D eigenvalue weighted by atomic mass is 10.0. The molecule has 0 aliphatic heterocycles. The molecule has 0 fully saturated rings. The summed E-state index contributed by atoms with van der Waals surface area (Å²) in [6.07, 6.45) is 3.88. The molecule has 0 saturated heterocycles. The van der Waals surface area contributed by atoms with Gasteiger partial charge in [0.15, 0.2) is 0 Å². The van der Waals surface area contributed by atoms with E-state index in [4.69, 9.17) is 4.74 Å². The monoisotopic (exact) mass is 362 g/mol. The van der Waals surface area contributed by atoms with Crippen molar-refractivity contribution in [1.82, 2.24) is 0 Å². The number of hydrogen-bond acceptors (Lipinski definition) is 3. The van der Waals surface area contributed by atoms with Gasteiger partial charge in [0, 0.05) is 0 Å². The van der Waals surface area contributed by atoms with E-state index in [0.29, 0.717) is 17.1 Å². The highest BCUT2D eigenvalue weighted by molar-refractivity contribution is 5.91. The maximum Gasteiger partial charge on any atom is 0.343 e. The summed E-state index contributed by atoms with van der Waals surface area (Å²) in [6, 6.07) is 16.1. The Kier molecular flexibility index (Phi) is 5.36. The molecule has 0 spiro atoms. The first-order valence-corrected chi connectivity index (χ1v) is 8.48. The number of carbonyl (C=O) groups excluding carboxylic acids is 1. The number of ether oxygens (including phenoxy) is 1. The van der Waals surface area contributed by atoms with Crippen LogP contribution in [0.4, 0.5) is 4.39 Å². The third kappa shape index (κ3) is 4.61. The molecule has 1 N–H and O–H groups in total. The lowest BCUT2D eigenvalue weighted by Crippen LogP contribution is -2.08. The highest BCUT2D eigenvalue weighted by Crippen LogP contribution is 2.24. The molecule has 0 heterocycles. The van der Waals surface area contributed by atoms with Crippen LogP contribution in [0.25, 0.3) is 12.2 Å². The number of rotatable bonds is 4. The Hall–Kier alpha value is -3.40. The highest BCUT2D eigenvalue weighted by Gasteiger charge is 2.08. The predicted octanol–water partition coefficient (Wildman–Crippen LogP) is 5.54. The minimum Gasteiger partial charge on any atom is -0.507 e. The van der Waals surface area contributed by atoms with E-state index in [9.17, 15) is 14.3 Å². The van der Waals surface area contributed by atoms with Gasteiger partial charge in [0.05, 0.1) is 5.56 Å². The van der Waals surface area contributed by atoms with Crippen molar-refractivity contribution < 1.29 is 19.0 Å². The third-order valence-corrected chi connectivity index (χ3v) is 4.15. The van der Waals surface area contributed by atoms with Crippen LogP contribution < -0.4 is 4.74 Å². The van der Waals surface area contributed by atoms with Crippen LogP contribution in [-0.4, -0.2) is 11.1 Å². The first-order valence-electron chi connectivity index (χ1n) is 8.48. The molecule has 3 aromatic carbocycles. The van der Waals surface area contributed by atoms with Crippen molar-refractivity contribution in [3.63, 3.8) is 0 Å². The minimum absolute atomic E-state index is 0.295. The Morgan fingerprint density at radius 3 is 2.04 bits per heavy atom. The van der Waals surface area contributed by atoms with Crippen LogP contribution in [0.2, 0.25) is 0 Å². The van der Waals surface area contributed by atoms with Crippen molar-refractivity contribution in [2.45, 2.75) is 13.8 Å². The number of carbonyl (C=O) groups is 1. The van der Waals surface area contributed by atoms with Crippen molar-refractivity contribution in [3.8, 4) is 11.5 Å². The van der Waals surface area contributed by atoms with Gasteiger partial charge in [-0.1, -0.05) is 24.3 Å². The number of esters is 1. The summed E-state index contributed by atoms with van der Waals surface area (Å²) >= 11 is 0. The lowest BCUT2D eigenvalue weighted by Gasteiger charge is -2.05. The lowest BCUT2D eigenvalue weighted by molar-refractivity contribution is 0.0734. The van der Waals surface area contributed by atoms with Gasteiger partial charge >= 0.3 is 5.97 Å². The van der Waals surface area contributed by atoms with Gasteiger partial charge < -0.3 is 9.84 Å². The topological polar surface area (TPSA) is 46.5 Å². The Bertz CT molecular complexity index is 964. The molecule has 4 heteroatoms. The maximum atomic E-state index is 12.9. The molecule has 0 amide bonds. The van der Waals surface area contributed by atoms with E-state index >= 15 is 0 Å². The van der Waals surface area contributed by atoms with Gasteiger partial charge in [-0.15, -0.1) is 0 Å². The average molecular weight is 362 g/mol. The Morgan fingerprint density at radius 1 is 0.889 bits per heavy atom. The van der Waals surface area contributed by atoms with E-state index in [1.807, 2.05) is 50.3 Å². The largest absolute Gasteiger partial charge is 0.507 e. The summed E-state index contributed by atoms with van der Waals surface area (Å²) in [6.45, 7) is 3.72. The van der Waals surface area contributed by atoms with Crippen LogP contribution in [0.1, 0.15) is 32.6 Å². The van der Waals surface area contributed by atoms with E-state index in [-0.39, 0.29) is 5.82 Å². The number of hydrogen-bond donors (Lipinski definition) is 1. The predicted molar refractivity (Wildman–Crippen MR) is 104 cm³/mol. The van der Waals surface area contributed by atoms with Gasteiger partial charge in [0.2, 0.25) is 0 Å². The molecule has 0 atom stereocenters. The van der Waals surface area contributed by atoms with Gasteiger partial charge in [0.1, 0.15) is 17.3 Å². The average Bonchev–Trinajstić information content (AvgIpc) is 2.66. The maximum absolute atomic E-state index is 12.9. The molecule has 3 rings (SSSR count). The van der Waals surface area contributed by atoms with Gasteiger partial charge in [0.25, 0.3) is 0 Å². The zero-order valence-corrected chi connectivity index (χ0v) is 15.1. The van der Waals surface area contributed by atoms with Gasteiger partial charge in [-0.25, -0.2) is 9.18 Å². The SMILES string of the molecule is Cc1cc(/C=C/c2ccc(C(=O)Oc3ccc(F)cc3)cc2)cc(C)c1O. The van der Waals surface area contributed by atoms with Crippen LogP contribution in [0, 0.1) is 19.7 Å². The van der Waals surface area contributed by atoms with Crippen LogP contribution in [-0.2, 0) is 0 Å². The van der Waals surface area contributed by atoms with Crippen LogP contribution >= 0.6 is 0 Å². The second kappa shape index (κ2) is 7.87. The van der Waals surface area contributed by atoms with E-state index in [0.717, 1.165) is 22.3 Å². The van der Waals surface area contributed by atoms with Crippen molar-refractivity contribution >= 4 is 18.1 Å². The Balaban J connectivity index is 1.69. The fourth-order valence-corrected chi connectivity index (χ4v) is 2.68.